The predicted octanol–water partition coefficient (Wildman–Crippen LogP) is 3.02. The van der Waals surface area contributed by atoms with Gasteiger partial charge in [-0.25, -0.2) is 18.7 Å². The normalized spacial score (nSPS) is 24.7. The van der Waals surface area contributed by atoms with Crippen LogP contribution in [0.15, 0.2) is 29.1 Å². The maximum atomic E-state index is 14.9. The van der Waals surface area contributed by atoms with Crippen molar-refractivity contribution in [2.75, 3.05) is 11.9 Å². The molecule has 30 heavy (non-hydrogen) atoms. The molecule has 0 aromatic carbocycles. The predicted molar refractivity (Wildman–Crippen MR) is 107 cm³/mol. The van der Waals surface area contributed by atoms with Crippen molar-refractivity contribution in [2.45, 2.75) is 43.7 Å². The largest absolute Gasteiger partial charge is 0.441 e. The zero-order chi connectivity index (χ0) is 20.9. The number of hydrogen-bond acceptors (Lipinski definition) is 7. The SMILES string of the molecule is CC1(NC(=O)O[C@@H]2CO[C@H](c3cc(Nc4ncc(Br)n5nccc45)n[nH]3)[C@H]2F)CC1. The summed E-state index contributed by atoms with van der Waals surface area (Å²) in [6.07, 6.45) is 1.05. The van der Waals surface area contributed by atoms with Gasteiger partial charge in [0.1, 0.15) is 16.2 Å². The van der Waals surface area contributed by atoms with Gasteiger partial charge < -0.3 is 20.1 Å². The second-order valence-electron chi connectivity index (χ2n) is 7.72. The number of aromatic nitrogens is 5. The monoisotopic (exact) mass is 479 g/mol. The molecule has 3 aromatic rings. The fourth-order valence-corrected chi connectivity index (χ4v) is 3.70. The second kappa shape index (κ2) is 7.20. The Morgan fingerprint density at radius 2 is 2.33 bits per heavy atom. The van der Waals surface area contributed by atoms with Crippen molar-refractivity contribution < 1.29 is 18.7 Å². The van der Waals surface area contributed by atoms with E-state index < -0.39 is 24.5 Å². The van der Waals surface area contributed by atoms with Gasteiger partial charge in [0, 0.05) is 11.6 Å². The summed E-state index contributed by atoms with van der Waals surface area (Å²) in [6, 6.07) is 3.45. The Morgan fingerprint density at radius 1 is 1.50 bits per heavy atom. The molecule has 12 heteroatoms. The number of fused-ring (bicyclic) bond motifs is 1. The number of amides is 1. The van der Waals surface area contributed by atoms with Crippen LogP contribution >= 0.6 is 15.9 Å². The van der Waals surface area contributed by atoms with Gasteiger partial charge in [0.2, 0.25) is 0 Å². The Labute approximate surface area is 178 Å². The summed E-state index contributed by atoms with van der Waals surface area (Å²) in [6.45, 7) is 1.90. The number of H-pyrrole nitrogens is 1. The van der Waals surface area contributed by atoms with Gasteiger partial charge in [-0.2, -0.15) is 10.2 Å². The van der Waals surface area contributed by atoms with Gasteiger partial charge >= 0.3 is 6.09 Å². The first-order valence-corrected chi connectivity index (χ1v) is 10.3. The lowest BCUT2D eigenvalue weighted by Gasteiger charge is -2.17. The topological polar surface area (TPSA) is 118 Å². The van der Waals surface area contributed by atoms with E-state index in [1.54, 1.807) is 29.0 Å². The third-order valence-electron chi connectivity index (χ3n) is 5.29. The molecule has 2 aliphatic rings. The maximum absolute atomic E-state index is 14.9. The van der Waals surface area contributed by atoms with Crippen molar-refractivity contribution in [1.29, 1.82) is 0 Å². The van der Waals surface area contributed by atoms with Crippen molar-refractivity contribution in [2.24, 2.45) is 0 Å². The van der Waals surface area contributed by atoms with Crippen LogP contribution in [-0.2, 0) is 9.47 Å². The van der Waals surface area contributed by atoms with Crippen LogP contribution in [0.1, 0.15) is 31.6 Å². The van der Waals surface area contributed by atoms with E-state index in [1.807, 2.05) is 6.92 Å². The van der Waals surface area contributed by atoms with Crippen LogP contribution in [0.5, 0.6) is 0 Å². The van der Waals surface area contributed by atoms with Gasteiger partial charge in [0.15, 0.2) is 23.9 Å². The van der Waals surface area contributed by atoms with Gasteiger partial charge in [0.05, 0.1) is 24.7 Å². The minimum Gasteiger partial charge on any atom is -0.441 e. The molecule has 3 atom stereocenters. The zero-order valence-electron chi connectivity index (χ0n) is 15.9. The van der Waals surface area contributed by atoms with Gasteiger partial charge in [-0.15, -0.1) is 0 Å². The highest BCUT2D eigenvalue weighted by Crippen LogP contribution is 2.36. The molecule has 0 radical (unpaired) electrons. The van der Waals surface area contributed by atoms with Crippen molar-refractivity contribution >= 4 is 39.2 Å². The standard InChI is InChI=1S/C18H19BrFN7O3/c1-18(3-4-18)24-17(28)30-11-8-29-15(14(11)20)9-6-13(26-25-9)23-16-10-2-5-22-27(10)12(19)7-21-16/h2,5-7,11,14-15H,3-4,8H2,1H3,(H,24,28)(H2,21,23,25,26)/t11-,14+,15-/m1/s1. The van der Waals surface area contributed by atoms with E-state index in [0.29, 0.717) is 21.9 Å². The van der Waals surface area contributed by atoms with Gasteiger partial charge in [-0.05, 0) is 41.8 Å². The summed E-state index contributed by atoms with van der Waals surface area (Å²) < 4.78 is 28.0. The van der Waals surface area contributed by atoms with Crippen molar-refractivity contribution in [3.05, 3.63) is 34.8 Å². The smallest absolute Gasteiger partial charge is 0.408 e. The molecule has 1 saturated heterocycles. The summed E-state index contributed by atoms with van der Waals surface area (Å²) in [5.41, 5.74) is 0.957. The van der Waals surface area contributed by atoms with E-state index in [1.165, 1.54) is 0 Å². The first-order chi connectivity index (χ1) is 14.4. The minimum atomic E-state index is -1.51. The molecule has 0 spiro atoms. The molecule has 3 N–H and O–H groups in total. The van der Waals surface area contributed by atoms with Crippen LogP contribution in [0.25, 0.3) is 5.52 Å². The molecule has 3 aromatic heterocycles. The molecule has 1 amide bonds. The number of nitrogens with one attached hydrogen (secondary N) is 3. The summed E-state index contributed by atoms with van der Waals surface area (Å²) in [5.74, 6) is 0.992. The Morgan fingerprint density at radius 3 is 3.13 bits per heavy atom. The fourth-order valence-electron chi connectivity index (χ4n) is 3.32. The zero-order valence-corrected chi connectivity index (χ0v) is 17.5. The Bertz CT molecular complexity index is 1100. The minimum absolute atomic E-state index is 0.0253. The summed E-state index contributed by atoms with van der Waals surface area (Å²) in [4.78, 5) is 16.3. The Balaban J connectivity index is 1.25. The van der Waals surface area contributed by atoms with Gasteiger partial charge in [0.25, 0.3) is 0 Å². The van der Waals surface area contributed by atoms with Crippen LogP contribution in [-0.4, -0.2) is 55.3 Å². The molecule has 4 heterocycles. The molecular weight excluding hydrogens is 461 g/mol. The Kier molecular flexibility index (Phi) is 4.62. The lowest BCUT2D eigenvalue weighted by molar-refractivity contribution is 0.0604. The van der Waals surface area contributed by atoms with Crippen molar-refractivity contribution in [3.8, 4) is 0 Å². The summed E-state index contributed by atoms with van der Waals surface area (Å²) in [7, 11) is 0. The molecule has 0 unspecified atom stereocenters. The van der Waals surface area contributed by atoms with E-state index in [0.717, 1.165) is 18.4 Å². The molecule has 2 fully saturated rings. The number of alkyl carbamates (subject to hydrolysis) is 1. The number of carbonyl (C=O) groups is 1. The van der Waals surface area contributed by atoms with Crippen molar-refractivity contribution in [3.63, 3.8) is 0 Å². The van der Waals surface area contributed by atoms with Crippen LogP contribution in [0.2, 0.25) is 0 Å². The number of rotatable bonds is 5. The molecule has 0 bridgehead atoms. The molecular formula is C18H19BrFN7O3. The van der Waals surface area contributed by atoms with Crippen LogP contribution < -0.4 is 10.6 Å². The maximum Gasteiger partial charge on any atom is 0.408 e. The van der Waals surface area contributed by atoms with Gasteiger partial charge in [-0.1, -0.05) is 0 Å². The van der Waals surface area contributed by atoms with E-state index in [9.17, 15) is 9.18 Å². The Hall–Kier alpha value is -2.73. The van der Waals surface area contributed by atoms with E-state index in [4.69, 9.17) is 9.47 Å². The summed E-state index contributed by atoms with van der Waals surface area (Å²) in [5, 5.41) is 17.0. The lowest BCUT2D eigenvalue weighted by atomic mass is 10.1. The molecule has 1 aliphatic carbocycles. The third kappa shape index (κ3) is 3.60. The van der Waals surface area contributed by atoms with Gasteiger partial charge in [-0.3, -0.25) is 5.10 Å². The average molecular weight is 480 g/mol. The van der Waals surface area contributed by atoms with Crippen LogP contribution in [0.3, 0.4) is 0 Å². The number of alkyl halides is 1. The van der Waals surface area contributed by atoms with Crippen LogP contribution in [0.4, 0.5) is 20.8 Å². The summed E-state index contributed by atoms with van der Waals surface area (Å²) >= 11 is 3.38. The molecule has 1 aliphatic heterocycles. The van der Waals surface area contributed by atoms with E-state index in [2.05, 4.69) is 46.8 Å². The molecule has 5 rings (SSSR count). The quantitative estimate of drug-likeness (QED) is 0.514. The highest BCUT2D eigenvalue weighted by atomic mass is 79.9. The lowest BCUT2D eigenvalue weighted by Crippen LogP contribution is -2.39. The number of anilines is 2. The molecule has 158 valence electrons. The van der Waals surface area contributed by atoms with Crippen LogP contribution in [0, 0.1) is 0 Å². The van der Waals surface area contributed by atoms with Crippen molar-refractivity contribution in [1.82, 2.24) is 30.1 Å². The average Bonchev–Trinajstić information content (AvgIpc) is 3.14. The van der Waals surface area contributed by atoms with E-state index >= 15 is 0 Å². The highest BCUT2D eigenvalue weighted by Gasteiger charge is 2.44. The third-order valence-corrected chi connectivity index (χ3v) is 5.83. The number of halogens is 2. The number of hydrogen-bond donors (Lipinski definition) is 3. The first-order valence-electron chi connectivity index (χ1n) is 9.47. The fraction of sp³-hybridized carbons (Fsp3) is 0.444. The number of nitrogens with zero attached hydrogens (tertiary/aromatic N) is 4. The number of carbonyl (C=O) groups excluding carboxylic acids is 1. The molecule has 10 nitrogen and oxygen atoms in total. The number of aromatic amines is 1. The van der Waals surface area contributed by atoms with E-state index in [-0.39, 0.29) is 12.1 Å². The highest BCUT2D eigenvalue weighted by molar-refractivity contribution is 9.10. The first kappa shape index (κ1) is 19.2. The molecule has 1 saturated carbocycles. The second-order valence-corrected chi connectivity index (χ2v) is 8.53. The number of ether oxygens (including phenoxy) is 2.